The Bertz CT molecular complexity index is 1040. The fourth-order valence-electron chi connectivity index (χ4n) is 4.13. The minimum absolute atomic E-state index is 0.0546. The van der Waals surface area contributed by atoms with Crippen molar-refractivity contribution in [3.8, 4) is 5.88 Å². The average molecular weight is 497 g/mol. The lowest BCUT2D eigenvalue weighted by Gasteiger charge is -2.39. The van der Waals surface area contributed by atoms with Crippen LogP contribution >= 0.6 is 0 Å². The van der Waals surface area contributed by atoms with E-state index in [1.807, 2.05) is 26.0 Å². The summed E-state index contributed by atoms with van der Waals surface area (Å²) >= 11 is 0. The normalized spacial score (nSPS) is 14.5. The van der Waals surface area contributed by atoms with Gasteiger partial charge in [-0.3, -0.25) is 9.69 Å². The first-order valence-corrected chi connectivity index (χ1v) is 11.3. The van der Waals surface area contributed by atoms with E-state index in [0.717, 1.165) is 17.7 Å². The first-order valence-electron chi connectivity index (χ1n) is 11.3. The molecule has 2 aromatic rings. The van der Waals surface area contributed by atoms with E-state index in [9.17, 15) is 27.2 Å². The SMILES string of the molecule is CC(=O)N1CCC(N(C(=O)Nc2ccc(C(F)F)nc2OC(F)F)c2ccccc2C(C)C)CC1. The van der Waals surface area contributed by atoms with Crippen molar-refractivity contribution in [1.29, 1.82) is 0 Å². The Morgan fingerprint density at radius 1 is 1.09 bits per heavy atom. The first-order chi connectivity index (χ1) is 16.6. The van der Waals surface area contributed by atoms with Gasteiger partial charge in [0.1, 0.15) is 11.4 Å². The third kappa shape index (κ3) is 6.40. The van der Waals surface area contributed by atoms with Crippen molar-refractivity contribution in [1.82, 2.24) is 9.88 Å². The molecule has 3 rings (SSSR count). The molecule has 7 nitrogen and oxygen atoms in total. The predicted molar refractivity (Wildman–Crippen MR) is 123 cm³/mol. The summed E-state index contributed by atoms with van der Waals surface area (Å²) in [5.74, 6) is -0.779. The molecule has 0 unspecified atom stereocenters. The molecule has 1 fully saturated rings. The van der Waals surface area contributed by atoms with Crippen LogP contribution in [-0.4, -0.2) is 47.6 Å². The zero-order valence-electron chi connectivity index (χ0n) is 19.7. The molecule has 2 heterocycles. The van der Waals surface area contributed by atoms with Gasteiger partial charge in [-0.15, -0.1) is 0 Å². The number of alkyl halides is 4. The number of nitrogens with zero attached hydrogens (tertiary/aromatic N) is 3. The van der Waals surface area contributed by atoms with Crippen LogP contribution in [0.15, 0.2) is 36.4 Å². The van der Waals surface area contributed by atoms with E-state index in [1.165, 1.54) is 6.92 Å². The summed E-state index contributed by atoms with van der Waals surface area (Å²) in [4.78, 5) is 32.0. The molecule has 1 saturated heterocycles. The predicted octanol–water partition coefficient (Wildman–Crippen LogP) is 5.79. The first kappa shape index (κ1) is 26.2. The third-order valence-electron chi connectivity index (χ3n) is 5.86. The Kier molecular flexibility index (Phi) is 8.52. The van der Waals surface area contributed by atoms with Gasteiger partial charge in [-0.25, -0.2) is 18.6 Å². The van der Waals surface area contributed by atoms with E-state index in [-0.39, 0.29) is 23.6 Å². The number of pyridine rings is 1. The van der Waals surface area contributed by atoms with Crippen molar-refractivity contribution in [3.05, 3.63) is 47.7 Å². The molecule has 190 valence electrons. The summed E-state index contributed by atoms with van der Waals surface area (Å²) in [6.45, 7) is 3.04. The highest BCUT2D eigenvalue weighted by molar-refractivity contribution is 6.03. The Labute approximate surface area is 201 Å². The van der Waals surface area contributed by atoms with E-state index in [2.05, 4.69) is 15.0 Å². The Morgan fingerprint density at radius 3 is 2.31 bits per heavy atom. The van der Waals surface area contributed by atoms with Crippen LogP contribution in [0.1, 0.15) is 57.2 Å². The minimum atomic E-state index is -3.32. The summed E-state index contributed by atoms with van der Waals surface area (Å²) in [6, 6.07) is 8.40. The number of para-hydroxylation sites is 1. The number of carbonyl (C=O) groups is 2. The topological polar surface area (TPSA) is 74.8 Å². The summed E-state index contributed by atoms with van der Waals surface area (Å²) in [5, 5.41) is 2.52. The molecule has 1 N–H and O–H groups in total. The molecule has 1 aromatic carbocycles. The van der Waals surface area contributed by atoms with Crippen LogP contribution in [-0.2, 0) is 4.79 Å². The van der Waals surface area contributed by atoms with Gasteiger partial charge in [0.05, 0.1) is 0 Å². The van der Waals surface area contributed by atoms with E-state index in [0.29, 0.717) is 31.6 Å². The van der Waals surface area contributed by atoms with Crippen LogP contribution in [0.4, 0.5) is 33.7 Å². The number of likely N-dealkylation sites (tertiary alicyclic amines) is 1. The minimum Gasteiger partial charge on any atom is -0.415 e. The molecule has 1 aromatic heterocycles. The van der Waals surface area contributed by atoms with E-state index < -0.39 is 30.6 Å². The Morgan fingerprint density at radius 2 is 1.74 bits per heavy atom. The monoisotopic (exact) mass is 496 g/mol. The van der Waals surface area contributed by atoms with Gasteiger partial charge in [-0.2, -0.15) is 8.78 Å². The van der Waals surface area contributed by atoms with Gasteiger partial charge in [0.2, 0.25) is 11.8 Å². The number of hydrogen-bond acceptors (Lipinski definition) is 4. The molecule has 0 atom stereocenters. The van der Waals surface area contributed by atoms with Crippen molar-refractivity contribution in [2.24, 2.45) is 0 Å². The number of aromatic nitrogens is 1. The summed E-state index contributed by atoms with van der Waals surface area (Å²) < 4.78 is 56.3. The molecular weight excluding hydrogens is 468 g/mol. The van der Waals surface area contributed by atoms with Gasteiger partial charge < -0.3 is 15.0 Å². The maximum absolute atomic E-state index is 13.6. The maximum atomic E-state index is 13.6. The maximum Gasteiger partial charge on any atom is 0.388 e. The van der Waals surface area contributed by atoms with Crippen molar-refractivity contribution < 1.29 is 31.9 Å². The van der Waals surface area contributed by atoms with E-state index in [1.54, 1.807) is 21.9 Å². The fourth-order valence-corrected chi connectivity index (χ4v) is 4.13. The van der Waals surface area contributed by atoms with Crippen molar-refractivity contribution in [2.75, 3.05) is 23.3 Å². The molecule has 11 heteroatoms. The van der Waals surface area contributed by atoms with E-state index in [4.69, 9.17) is 0 Å². The van der Waals surface area contributed by atoms with Crippen LogP contribution in [0.25, 0.3) is 0 Å². The Hall–Kier alpha value is -3.37. The average Bonchev–Trinajstić information content (AvgIpc) is 2.80. The smallest absolute Gasteiger partial charge is 0.388 e. The quantitative estimate of drug-likeness (QED) is 0.492. The van der Waals surface area contributed by atoms with Crippen molar-refractivity contribution in [3.63, 3.8) is 0 Å². The second-order valence-corrected chi connectivity index (χ2v) is 8.52. The highest BCUT2D eigenvalue weighted by atomic mass is 19.3. The van der Waals surface area contributed by atoms with Crippen molar-refractivity contribution in [2.45, 2.75) is 58.6 Å². The number of amides is 3. The lowest BCUT2D eigenvalue weighted by Crippen LogP contribution is -2.50. The van der Waals surface area contributed by atoms with Gasteiger partial charge in [-0.1, -0.05) is 32.0 Å². The van der Waals surface area contributed by atoms with Gasteiger partial charge in [0.25, 0.3) is 6.43 Å². The number of nitrogens with one attached hydrogen (secondary N) is 1. The van der Waals surface area contributed by atoms with Gasteiger partial charge in [0, 0.05) is 31.7 Å². The van der Waals surface area contributed by atoms with Crippen LogP contribution < -0.4 is 15.0 Å². The third-order valence-corrected chi connectivity index (χ3v) is 5.86. The number of anilines is 2. The lowest BCUT2D eigenvalue weighted by molar-refractivity contribution is -0.129. The molecule has 0 aliphatic carbocycles. The molecule has 0 spiro atoms. The largest absolute Gasteiger partial charge is 0.415 e. The second-order valence-electron chi connectivity index (χ2n) is 8.52. The molecular formula is C24H28F4N4O3. The number of urea groups is 1. The van der Waals surface area contributed by atoms with Crippen molar-refractivity contribution >= 4 is 23.3 Å². The standard InChI is InChI=1S/C24H28F4N4O3/c1-14(2)17-6-4-5-7-20(17)32(16-10-12-31(13-11-16)15(3)33)24(34)30-19-9-8-18(21(25)26)29-22(19)35-23(27)28/h4-9,14,16,21,23H,10-13H2,1-3H3,(H,30,34). The molecule has 1 aliphatic heterocycles. The number of benzene rings is 1. The zero-order valence-corrected chi connectivity index (χ0v) is 19.7. The highest BCUT2D eigenvalue weighted by Crippen LogP contribution is 2.34. The molecule has 1 aliphatic rings. The summed E-state index contributed by atoms with van der Waals surface area (Å²) in [5.41, 5.74) is 0.520. The number of carbonyl (C=O) groups excluding carboxylic acids is 2. The van der Waals surface area contributed by atoms with Crippen LogP contribution in [0.2, 0.25) is 0 Å². The molecule has 35 heavy (non-hydrogen) atoms. The Balaban J connectivity index is 1.97. The number of halogens is 4. The number of hydrogen-bond donors (Lipinski definition) is 1. The fraction of sp³-hybridized carbons (Fsp3) is 0.458. The van der Waals surface area contributed by atoms with Gasteiger partial charge in [0.15, 0.2) is 0 Å². The van der Waals surface area contributed by atoms with Gasteiger partial charge in [-0.05, 0) is 42.5 Å². The second kappa shape index (κ2) is 11.4. The molecule has 3 amide bonds. The van der Waals surface area contributed by atoms with E-state index >= 15 is 0 Å². The van der Waals surface area contributed by atoms with Crippen LogP contribution in [0, 0.1) is 0 Å². The molecule has 0 bridgehead atoms. The highest BCUT2D eigenvalue weighted by Gasteiger charge is 2.32. The number of ether oxygens (including phenoxy) is 1. The molecule has 0 radical (unpaired) electrons. The number of rotatable bonds is 7. The zero-order chi connectivity index (χ0) is 25.7. The lowest BCUT2D eigenvalue weighted by atomic mass is 9.97. The number of piperidine rings is 1. The summed E-state index contributed by atoms with van der Waals surface area (Å²) in [7, 11) is 0. The molecule has 0 saturated carbocycles. The van der Waals surface area contributed by atoms with Gasteiger partial charge >= 0.3 is 12.6 Å². The van der Waals surface area contributed by atoms with Crippen LogP contribution in [0.3, 0.4) is 0 Å². The van der Waals surface area contributed by atoms with Crippen LogP contribution in [0.5, 0.6) is 5.88 Å². The summed E-state index contributed by atoms with van der Waals surface area (Å²) in [6.07, 6.45) is -1.99.